The van der Waals surface area contributed by atoms with E-state index in [0.29, 0.717) is 29.0 Å². The summed E-state index contributed by atoms with van der Waals surface area (Å²) in [6, 6.07) is 20.0. The number of ether oxygens (including phenoxy) is 2. The van der Waals surface area contributed by atoms with Gasteiger partial charge in [0.1, 0.15) is 17.4 Å². The Bertz CT molecular complexity index is 1310. The molecule has 3 rings (SSSR count). The number of benzene rings is 3. The zero-order valence-electron chi connectivity index (χ0n) is 19.1. The molecule has 0 saturated heterocycles. The molecule has 0 heterocycles. The number of esters is 1. The monoisotopic (exact) mass is 644 g/mol. The van der Waals surface area contributed by atoms with Gasteiger partial charge >= 0.3 is 5.97 Å². The Balaban J connectivity index is 1.82. The lowest BCUT2D eigenvalue weighted by molar-refractivity contribution is -0.112. The minimum absolute atomic E-state index is 0.0594. The zero-order chi connectivity index (χ0) is 25.4. The molecule has 0 aliphatic heterocycles. The highest BCUT2D eigenvalue weighted by atomic mass is 127. The summed E-state index contributed by atoms with van der Waals surface area (Å²) < 4.78 is 12.6. The van der Waals surface area contributed by atoms with Crippen LogP contribution in [0.25, 0.3) is 6.08 Å². The van der Waals surface area contributed by atoms with Crippen molar-refractivity contribution in [3.05, 3.63) is 96.5 Å². The van der Waals surface area contributed by atoms with Gasteiger partial charge in [0.25, 0.3) is 5.91 Å². The Morgan fingerprint density at radius 3 is 2.49 bits per heavy atom. The molecule has 0 unspecified atom stereocenters. The van der Waals surface area contributed by atoms with Crippen LogP contribution in [0.15, 0.2) is 70.7 Å². The summed E-state index contributed by atoms with van der Waals surface area (Å²) in [4.78, 5) is 24.5. The van der Waals surface area contributed by atoms with Crippen LogP contribution in [0.2, 0.25) is 0 Å². The molecule has 0 bridgehead atoms. The average Bonchev–Trinajstić information content (AvgIpc) is 2.85. The van der Waals surface area contributed by atoms with Gasteiger partial charge in [0.05, 0.1) is 19.3 Å². The standard InChI is InChI=1S/C27H22BrIN2O4/c1-3-35-27(33)18-8-10-21(11-9-18)31-26(32)20(16-30)12-17-13-24(29)22(25(14-17)34-2)15-19-6-4-5-7-23(19)28/h4-14H,3,15H2,1-2H3,(H,31,32)/b20-12+. The number of hydrogen-bond donors (Lipinski definition) is 1. The fourth-order valence-corrected chi connectivity index (χ4v) is 4.56. The summed E-state index contributed by atoms with van der Waals surface area (Å²) in [7, 11) is 1.60. The van der Waals surface area contributed by atoms with Crippen molar-refractivity contribution in [2.75, 3.05) is 19.0 Å². The average molecular weight is 645 g/mol. The third-order valence-electron chi connectivity index (χ3n) is 5.05. The largest absolute Gasteiger partial charge is 0.496 e. The lowest BCUT2D eigenvalue weighted by atomic mass is 10.0. The zero-order valence-corrected chi connectivity index (χ0v) is 22.8. The minimum atomic E-state index is -0.553. The van der Waals surface area contributed by atoms with Crippen LogP contribution in [0.1, 0.15) is 34.0 Å². The molecule has 178 valence electrons. The summed E-state index contributed by atoms with van der Waals surface area (Å²) in [6.07, 6.45) is 2.19. The first-order chi connectivity index (χ1) is 16.9. The summed E-state index contributed by atoms with van der Waals surface area (Å²) in [5, 5.41) is 12.3. The van der Waals surface area contributed by atoms with Crippen molar-refractivity contribution in [1.29, 1.82) is 5.26 Å². The predicted octanol–water partition coefficient (Wildman–Crippen LogP) is 6.38. The molecule has 0 aliphatic rings. The van der Waals surface area contributed by atoms with Crippen LogP contribution in [0.4, 0.5) is 5.69 Å². The van der Waals surface area contributed by atoms with Crippen LogP contribution in [0.3, 0.4) is 0 Å². The second kappa shape index (κ2) is 12.5. The van der Waals surface area contributed by atoms with Crippen molar-refractivity contribution in [1.82, 2.24) is 0 Å². The number of halogens is 2. The smallest absolute Gasteiger partial charge is 0.338 e. The number of rotatable bonds is 8. The second-order valence-corrected chi connectivity index (χ2v) is 9.39. The first-order valence-corrected chi connectivity index (χ1v) is 12.5. The molecule has 0 atom stereocenters. The molecule has 8 heteroatoms. The molecular formula is C27H22BrIN2O4. The number of carbonyl (C=O) groups is 2. The van der Waals surface area contributed by atoms with Gasteiger partial charge in [-0.3, -0.25) is 4.79 Å². The van der Waals surface area contributed by atoms with Gasteiger partial charge in [0.15, 0.2) is 0 Å². The number of methoxy groups -OCH3 is 1. The number of nitrogens with one attached hydrogen (secondary N) is 1. The summed E-state index contributed by atoms with van der Waals surface area (Å²) in [5.41, 5.74) is 3.59. The quantitative estimate of drug-likeness (QED) is 0.133. The van der Waals surface area contributed by atoms with Gasteiger partial charge in [0.2, 0.25) is 0 Å². The summed E-state index contributed by atoms with van der Waals surface area (Å²) in [5.74, 6) is -0.316. The molecule has 0 spiro atoms. The molecule has 35 heavy (non-hydrogen) atoms. The van der Waals surface area contributed by atoms with Crippen LogP contribution < -0.4 is 10.1 Å². The molecule has 0 aliphatic carbocycles. The van der Waals surface area contributed by atoms with E-state index >= 15 is 0 Å². The Morgan fingerprint density at radius 2 is 1.86 bits per heavy atom. The highest BCUT2D eigenvalue weighted by molar-refractivity contribution is 14.1. The highest BCUT2D eigenvalue weighted by Gasteiger charge is 2.15. The predicted molar refractivity (Wildman–Crippen MR) is 147 cm³/mol. The fraction of sp³-hybridized carbons (Fsp3) is 0.148. The Morgan fingerprint density at radius 1 is 1.14 bits per heavy atom. The first-order valence-electron chi connectivity index (χ1n) is 10.7. The molecule has 6 nitrogen and oxygen atoms in total. The van der Waals surface area contributed by atoms with Crippen molar-refractivity contribution in [3.8, 4) is 11.8 Å². The number of amides is 1. The normalized spacial score (nSPS) is 10.9. The molecular weight excluding hydrogens is 623 g/mol. The van der Waals surface area contributed by atoms with E-state index in [9.17, 15) is 14.9 Å². The van der Waals surface area contributed by atoms with Crippen LogP contribution in [0.5, 0.6) is 5.75 Å². The van der Waals surface area contributed by atoms with Gasteiger partial charge in [0, 0.05) is 25.7 Å². The Kier molecular flexibility index (Phi) is 9.46. The van der Waals surface area contributed by atoms with Crippen LogP contribution in [-0.4, -0.2) is 25.6 Å². The summed E-state index contributed by atoms with van der Waals surface area (Å²) in [6.45, 7) is 2.01. The molecule has 0 aromatic heterocycles. The number of nitrogens with zero attached hydrogens (tertiary/aromatic N) is 1. The van der Waals surface area contributed by atoms with Gasteiger partial charge in [-0.05, 0) is 89.2 Å². The lowest BCUT2D eigenvalue weighted by Crippen LogP contribution is -2.13. The van der Waals surface area contributed by atoms with Crippen molar-refractivity contribution >= 4 is 62.2 Å². The van der Waals surface area contributed by atoms with E-state index < -0.39 is 11.9 Å². The van der Waals surface area contributed by atoms with Crippen molar-refractivity contribution in [2.24, 2.45) is 0 Å². The third kappa shape index (κ3) is 6.93. The van der Waals surface area contributed by atoms with Gasteiger partial charge in [-0.25, -0.2) is 4.79 Å². The van der Waals surface area contributed by atoms with Crippen molar-refractivity contribution in [2.45, 2.75) is 13.3 Å². The van der Waals surface area contributed by atoms with Crippen LogP contribution in [0, 0.1) is 14.9 Å². The molecule has 3 aromatic carbocycles. The second-order valence-electron chi connectivity index (χ2n) is 7.37. The fourth-order valence-electron chi connectivity index (χ4n) is 3.32. The number of nitriles is 1. The number of carbonyl (C=O) groups excluding carboxylic acids is 2. The third-order valence-corrected chi connectivity index (χ3v) is 6.79. The van der Waals surface area contributed by atoms with Gasteiger partial charge < -0.3 is 14.8 Å². The van der Waals surface area contributed by atoms with E-state index in [-0.39, 0.29) is 12.2 Å². The minimum Gasteiger partial charge on any atom is -0.496 e. The molecule has 1 N–H and O–H groups in total. The maximum Gasteiger partial charge on any atom is 0.338 e. The SMILES string of the molecule is CCOC(=O)c1ccc(NC(=O)/C(C#N)=C/c2cc(I)c(Cc3ccccc3Br)c(OC)c2)cc1. The summed E-state index contributed by atoms with van der Waals surface area (Å²) >= 11 is 5.82. The van der Waals surface area contributed by atoms with E-state index in [1.165, 1.54) is 6.08 Å². The maximum absolute atomic E-state index is 12.7. The lowest BCUT2D eigenvalue weighted by Gasteiger charge is -2.13. The van der Waals surface area contributed by atoms with Crippen LogP contribution >= 0.6 is 38.5 Å². The van der Waals surface area contributed by atoms with Crippen LogP contribution in [-0.2, 0) is 16.0 Å². The van der Waals surface area contributed by atoms with E-state index in [0.717, 1.165) is 19.2 Å². The van der Waals surface area contributed by atoms with Gasteiger partial charge in [-0.1, -0.05) is 34.1 Å². The van der Waals surface area contributed by atoms with Crippen molar-refractivity contribution in [3.63, 3.8) is 0 Å². The maximum atomic E-state index is 12.7. The van der Waals surface area contributed by atoms with Crippen molar-refractivity contribution < 1.29 is 19.1 Å². The van der Waals surface area contributed by atoms with E-state index in [1.54, 1.807) is 38.3 Å². The molecule has 3 aromatic rings. The molecule has 1 amide bonds. The highest BCUT2D eigenvalue weighted by Crippen LogP contribution is 2.31. The van der Waals surface area contributed by atoms with E-state index in [2.05, 4.69) is 43.8 Å². The number of hydrogen-bond acceptors (Lipinski definition) is 5. The number of anilines is 1. The Labute approximate surface area is 226 Å². The molecule has 0 saturated carbocycles. The molecule has 0 radical (unpaired) electrons. The topological polar surface area (TPSA) is 88.4 Å². The first kappa shape index (κ1) is 26.4. The molecule has 0 fully saturated rings. The van der Waals surface area contributed by atoms with E-state index in [1.807, 2.05) is 42.5 Å². The van der Waals surface area contributed by atoms with Gasteiger partial charge in [-0.15, -0.1) is 0 Å². The van der Waals surface area contributed by atoms with E-state index in [4.69, 9.17) is 9.47 Å². The van der Waals surface area contributed by atoms with Gasteiger partial charge in [-0.2, -0.15) is 5.26 Å². The Hall–Kier alpha value is -3.16.